The molecular weight excluding hydrogens is 320 g/mol. The summed E-state index contributed by atoms with van der Waals surface area (Å²) in [5, 5.41) is 13.7. The lowest BCUT2D eigenvalue weighted by atomic mass is 10.0. The highest BCUT2D eigenvalue weighted by Crippen LogP contribution is 2.18. The number of methoxy groups -OCH3 is 1. The van der Waals surface area contributed by atoms with Crippen LogP contribution in [0.1, 0.15) is 34.9 Å². The molecule has 1 aromatic carbocycles. The van der Waals surface area contributed by atoms with Crippen molar-refractivity contribution in [3.05, 3.63) is 54.0 Å². The molecule has 1 aromatic heterocycles. The fourth-order valence-electron chi connectivity index (χ4n) is 3.08. The molecule has 6 nitrogen and oxygen atoms in total. The minimum Gasteiger partial charge on any atom is -0.497 e. The van der Waals surface area contributed by atoms with Crippen LogP contribution in [0.5, 0.6) is 5.75 Å². The number of hydrogen-bond donors (Lipinski definition) is 2. The number of rotatable bonds is 6. The van der Waals surface area contributed by atoms with Crippen LogP contribution in [0.15, 0.2) is 47.3 Å². The number of aliphatic hydroxyl groups is 1. The van der Waals surface area contributed by atoms with Crippen molar-refractivity contribution >= 4 is 5.91 Å². The number of benzene rings is 1. The number of likely N-dealkylation sites (tertiary alicyclic amines) is 1. The topological polar surface area (TPSA) is 74.9 Å². The lowest BCUT2D eigenvalue weighted by molar-refractivity contribution is 0.0697. The third-order valence-corrected chi connectivity index (χ3v) is 4.65. The van der Waals surface area contributed by atoms with Gasteiger partial charge in [-0.2, -0.15) is 0 Å². The molecule has 1 amide bonds. The molecule has 1 aliphatic rings. The first-order chi connectivity index (χ1) is 12.2. The Morgan fingerprint density at radius 2 is 2.04 bits per heavy atom. The summed E-state index contributed by atoms with van der Waals surface area (Å²) < 4.78 is 10.1. The monoisotopic (exact) mass is 344 g/mol. The van der Waals surface area contributed by atoms with E-state index in [1.807, 2.05) is 29.2 Å². The van der Waals surface area contributed by atoms with Crippen LogP contribution >= 0.6 is 0 Å². The Labute approximate surface area is 147 Å². The molecule has 2 aromatic rings. The highest BCUT2D eigenvalue weighted by atomic mass is 16.5. The molecule has 0 spiro atoms. The van der Waals surface area contributed by atoms with Crippen molar-refractivity contribution in [1.82, 2.24) is 10.2 Å². The van der Waals surface area contributed by atoms with E-state index in [1.54, 1.807) is 13.2 Å². The van der Waals surface area contributed by atoms with E-state index in [0.29, 0.717) is 31.2 Å². The average Bonchev–Trinajstić information content (AvgIpc) is 3.21. The van der Waals surface area contributed by atoms with Crippen molar-refractivity contribution in [2.45, 2.75) is 25.0 Å². The fraction of sp³-hybridized carbons (Fsp3) is 0.421. The lowest BCUT2D eigenvalue weighted by Crippen LogP contribution is -2.45. The van der Waals surface area contributed by atoms with Gasteiger partial charge in [0.05, 0.1) is 25.0 Å². The minimum absolute atomic E-state index is 0.0190. The highest BCUT2D eigenvalue weighted by molar-refractivity contribution is 5.93. The first-order valence-corrected chi connectivity index (χ1v) is 8.54. The third kappa shape index (κ3) is 4.41. The molecule has 6 heteroatoms. The van der Waals surface area contributed by atoms with Crippen LogP contribution in [0, 0.1) is 0 Å². The Bertz CT molecular complexity index is 661. The van der Waals surface area contributed by atoms with Gasteiger partial charge in [-0.1, -0.05) is 12.1 Å². The number of aliphatic hydroxyl groups excluding tert-OH is 1. The molecule has 3 rings (SSSR count). The molecule has 134 valence electrons. The molecule has 0 bridgehead atoms. The Hall–Kier alpha value is -2.31. The number of ether oxygens (including phenoxy) is 1. The van der Waals surface area contributed by atoms with E-state index in [4.69, 9.17) is 9.15 Å². The lowest BCUT2D eigenvalue weighted by Gasteiger charge is -2.32. The molecule has 1 fully saturated rings. The molecule has 1 saturated heterocycles. The maximum Gasteiger partial charge on any atom is 0.257 e. The summed E-state index contributed by atoms with van der Waals surface area (Å²) in [6, 6.07) is 9.44. The Morgan fingerprint density at radius 1 is 1.32 bits per heavy atom. The molecule has 1 atom stereocenters. The molecule has 2 heterocycles. The van der Waals surface area contributed by atoms with Gasteiger partial charge in [-0.25, -0.2) is 0 Å². The molecule has 25 heavy (non-hydrogen) atoms. The van der Waals surface area contributed by atoms with E-state index in [-0.39, 0.29) is 5.91 Å². The van der Waals surface area contributed by atoms with Gasteiger partial charge in [-0.05, 0) is 36.6 Å². The summed E-state index contributed by atoms with van der Waals surface area (Å²) in [7, 11) is 1.62. The van der Waals surface area contributed by atoms with Crippen molar-refractivity contribution in [3.63, 3.8) is 0 Å². The largest absolute Gasteiger partial charge is 0.497 e. The standard InChI is InChI=1S/C19H24N2O4/c1-24-17-4-2-14(3-5-17)18(22)12-20-16-6-9-21(10-7-16)19(23)15-8-11-25-13-15/h2-5,8,11,13,16,18,20,22H,6-7,9-10,12H2,1H3. The third-order valence-electron chi connectivity index (χ3n) is 4.65. The molecule has 2 N–H and O–H groups in total. The van der Waals surface area contributed by atoms with E-state index in [1.165, 1.54) is 12.5 Å². The van der Waals surface area contributed by atoms with E-state index in [2.05, 4.69) is 5.32 Å². The molecule has 1 unspecified atom stereocenters. The second-order valence-corrected chi connectivity index (χ2v) is 6.28. The van der Waals surface area contributed by atoms with Gasteiger partial charge in [-0.3, -0.25) is 4.79 Å². The fourth-order valence-corrected chi connectivity index (χ4v) is 3.08. The number of carbonyl (C=O) groups is 1. The predicted octanol–water partition coefficient (Wildman–Crippen LogP) is 2.22. The van der Waals surface area contributed by atoms with Crippen molar-refractivity contribution in [1.29, 1.82) is 0 Å². The van der Waals surface area contributed by atoms with Crippen LogP contribution in [-0.2, 0) is 0 Å². The maximum absolute atomic E-state index is 12.3. The molecular formula is C19H24N2O4. The second kappa shape index (κ2) is 8.18. The van der Waals surface area contributed by atoms with Crippen molar-refractivity contribution < 1.29 is 19.1 Å². The number of amides is 1. The summed E-state index contributed by atoms with van der Waals surface area (Å²) in [4.78, 5) is 14.1. The summed E-state index contributed by atoms with van der Waals surface area (Å²) in [6.45, 7) is 1.91. The van der Waals surface area contributed by atoms with Gasteiger partial charge in [-0.15, -0.1) is 0 Å². The molecule has 0 radical (unpaired) electrons. The summed E-state index contributed by atoms with van der Waals surface area (Å²) in [5.41, 5.74) is 1.46. The van der Waals surface area contributed by atoms with E-state index >= 15 is 0 Å². The molecule has 0 aliphatic carbocycles. The van der Waals surface area contributed by atoms with Gasteiger partial charge in [0, 0.05) is 25.7 Å². The molecule has 0 saturated carbocycles. The van der Waals surface area contributed by atoms with Gasteiger partial charge in [0.15, 0.2) is 0 Å². The quantitative estimate of drug-likeness (QED) is 0.840. The SMILES string of the molecule is COc1ccc(C(O)CNC2CCN(C(=O)c3ccoc3)CC2)cc1. The Balaban J connectivity index is 1.43. The van der Waals surface area contributed by atoms with Crippen LogP contribution in [0.2, 0.25) is 0 Å². The van der Waals surface area contributed by atoms with E-state index in [9.17, 15) is 9.90 Å². The predicted molar refractivity (Wildman–Crippen MR) is 93.6 cm³/mol. The van der Waals surface area contributed by atoms with Gasteiger partial charge in [0.1, 0.15) is 12.0 Å². The van der Waals surface area contributed by atoms with Gasteiger partial charge >= 0.3 is 0 Å². The first kappa shape index (κ1) is 17.5. The van der Waals surface area contributed by atoms with Crippen LogP contribution in [-0.4, -0.2) is 48.7 Å². The van der Waals surface area contributed by atoms with Gasteiger partial charge < -0.3 is 24.5 Å². The number of piperidine rings is 1. The number of hydrogen-bond acceptors (Lipinski definition) is 5. The normalized spacial score (nSPS) is 16.6. The first-order valence-electron chi connectivity index (χ1n) is 8.54. The Kier molecular flexibility index (Phi) is 5.73. The van der Waals surface area contributed by atoms with Crippen LogP contribution < -0.4 is 10.1 Å². The summed E-state index contributed by atoms with van der Waals surface area (Å²) in [5.74, 6) is 0.795. The summed E-state index contributed by atoms with van der Waals surface area (Å²) in [6.07, 6.45) is 4.19. The summed E-state index contributed by atoms with van der Waals surface area (Å²) >= 11 is 0. The van der Waals surface area contributed by atoms with Crippen LogP contribution in [0.3, 0.4) is 0 Å². The zero-order chi connectivity index (χ0) is 17.6. The van der Waals surface area contributed by atoms with Crippen molar-refractivity contribution in [3.8, 4) is 5.75 Å². The maximum atomic E-state index is 12.3. The van der Waals surface area contributed by atoms with Gasteiger partial charge in [0.2, 0.25) is 0 Å². The van der Waals surface area contributed by atoms with Gasteiger partial charge in [0.25, 0.3) is 5.91 Å². The zero-order valence-corrected chi connectivity index (χ0v) is 14.4. The number of nitrogens with one attached hydrogen (secondary N) is 1. The highest BCUT2D eigenvalue weighted by Gasteiger charge is 2.24. The molecule has 1 aliphatic heterocycles. The number of furan rings is 1. The van der Waals surface area contributed by atoms with Crippen LogP contribution in [0.25, 0.3) is 0 Å². The average molecular weight is 344 g/mol. The van der Waals surface area contributed by atoms with E-state index in [0.717, 1.165) is 24.2 Å². The van der Waals surface area contributed by atoms with Crippen LogP contribution in [0.4, 0.5) is 0 Å². The second-order valence-electron chi connectivity index (χ2n) is 6.28. The number of carbonyl (C=O) groups excluding carboxylic acids is 1. The van der Waals surface area contributed by atoms with Crippen molar-refractivity contribution in [2.75, 3.05) is 26.7 Å². The number of nitrogens with zero attached hydrogens (tertiary/aromatic N) is 1. The Morgan fingerprint density at radius 3 is 2.64 bits per heavy atom. The van der Waals surface area contributed by atoms with Crippen molar-refractivity contribution in [2.24, 2.45) is 0 Å². The smallest absolute Gasteiger partial charge is 0.257 e. The van der Waals surface area contributed by atoms with E-state index < -0.39 is 6.10 Å². The zero-order valence-electron chi connectivity index (χ0n) is 14.4. The minimum atomic E-state index is -0.559.